The van der Waals surface area contributed by atoms with Gasteiger partial charge in [0.1, 0.15) is 6.04 Å². The Kier molecular flexibility index (Phi) is 7.49. The molecule has 5 heteroatoms. The smallest absolute Gasteiger partial charge is 0.326 e. The molecule has 2 amide bonds. The number of carboxylic acids is 1. The van der Waals surface area contributed by atoms with E-state index in [9.17, 15) is 9.59 Å². The number of hydrogen-bond acceptors (Lipinski definition) is 2. The summed E-state index contributed by atoms with van der Waals surface area (Å²) in [5.41, 5.74) is 0. The summed E-state index contributed by atoms with van der Waals surface area (Å²) in [6.07, 6.45) is 1.60. The Bertz CT molecular complexity index is 305. The Morgan fingerprint density at radius 2 is 1.74 bits per heavy atom. The van der Waals surface area contributed by atoms with E-state index in [-0.39, 0.29) is 18.0 Å². The van der Waals surface area contributed by atoms with Crippen molar-refractivity contribution in [3.8, 4) is 0 Å². The lowest BCUT2D eigenvalue weighted by molar-refractivity contribution is -0.140. The van der Waals surface area contributed by atoms with Gasteiger partial charge < -0.3 is 15.3 Å². The number of carbonyl (C=O) groups is 2. The molecule has 0 aliphatic rings. The zero-order valence-corrected chi connectivity index (χ0v) is 12.9. The van der Waals surface area contributed by atoms with E-state index in [1.807, 2.05) is 20.8 Å². The fourth-order valence-corrected chi connectivity index (χ4v) is 1.96. The van der Waals surface area contributed by atoms with Crippen LogP contribution in [-0.2, 0) is 4.79 Å². The van der Waals surface area contributed by atoms with E-state index in [0.29, 0.717) is 12.3 Å². The maximum atomic E-state index is 12.1. The Labute approximate surface area is 116 Å². The molecule has 0 rings (SSSR count). The molecule has 0 bridgehead atoms. The molecule has 0 heterocycles. The molecular weight excluding hydrogens is 244 g/mol. The highest BCUT2D eigenvalue weighted by molar-refractivity contribution is 5.82. The van der Waals surface area contributed by atoms with E-state index in [2.05, 4.69) is 19.2 Å². The van der Waals surface area contributed by atoms with Crippen LogP contribution >= 0.6 is 0 Å². The highest BCUT2D eigenvalue weighted by Gasteiger charge is 2.27. The van der Waals surface area contributed by atoms with Gasteiger partial charge in [0.25, 0.3) is 0 Å². The number of rotatable bonds is 7. The summed E-state index contributed by atoms with van der Waals surface area (Å²) in [7, 11) is 1.71. The summed E-state index contributed by atoms with van der Waals surface area (Å²) in [4.78, 5) is 24.8. The van der Waals surface area contributed by atoms with Crippen molar-refractivity contribution in [1.82, 2.24) is 10.2 Å². The van der Waals surface area contributed by atoms with Crippen molar-refractivity contribution in [1.29, 1.82) is 0 Å². The number of nitrogens with zero attached hydrogens (tertiary/aromatic N) is 1. The minimum atomic E-state index is -0.979. The van der Waals surface area contributed by atoms with Gasteiger partial charge in [-0.3, -0.25) is 0 Å². The number of carboxylic acid groups (broad SMARTS) is 1. The Balaban J connectivity index is 4.59. The first-order valence-corrected chi connectivity index (χ1v) is 6.96. The van der Waals surface area contributed by atoms with Crippen molar-refractivity contribution >= 4 is 12.0 Å². The number of nitrogens with one attached hydrogen (secondary N) is 1. The van der Waals surface area contributed by atoms with Gasteiger partial charge in [-0.1, -0.05) is 34.1 Å². The van der Waals surface area contributed by atoms with Gasteiger partial charge in [-0.05, 0) is 25.2 Å². The summed E-state index contributed by atoms with van der Waals surface area (Å²) < 4.78 is 0. The van der Waals surface area contributed by atoms with Crippen LogP contribution in [0.5, 0.6) is 0 Å². The van der Waals surface area contributed by atoms with Crippen molar-refractivity contribution in [2.75, 3.05) is 7.05 Å². The van der Waals surface area contributed by atoms with E-state index < -0.39 is 12.0 Å². The van der Waals surface area contributed by atoms with Crippen molar-refractivity contribution < 1.29 is 14.7 Å². The highest BCUT2D eigenvalue weighted by Crippen LogP contribution is 2.12. The van der Waals surface area contributed by atoms with Gasteiger partial charge in [0.2, 0.25) is 0 Å². The Hall–Kier alpha value is -1.26. The molecule has 0 spiro atoms. The molecule has 2 N–H and O–H groups in total. The lowest BCUT2D eigenvalue weighted by Gasteiger charge is -2.29. The topological polar surface area (TPSA) is 69.6 Å². The molecule has 19 heavy (non-hydrogen) atoms. The fourth-order valence-electron chi connectivity index (χ4n) is 1.96. The van der Waals surface area contributed by atoms with Gasteiger partial charge in [-0.25, -0.2) is 9.59 Å². The molecule has 3 atom stereocenters. The molecule has 112 valence electrons. The SMILES string of the molecule is CCC(C)[C@H](NC(=O)N(C)C(C)CC(C)C)C(=O)O. The summed E-state index contributed by atoms with van der Waals surface area (Å²) in [6, 6.07) is -1.06. The van der Waals surface area contributed by atoms with Crippen LogP contribution in [0.1, 0.15) is 47.5 Å². The Morgan fingerprint density at radius 1 is 1.21 bits per heavy atom. The maximum absolute atomic E-state index is 12.1. The zero-order chi connectivity index (χ0) is 15.2. The second-order valence-corrected chi connectivity index (χ2v) is 5.74. The van der Waals surface area contributed by atoms with E-state index in [4.69, 9.17) is 5.11 Å². The van der Waals surface area contributed by atoms with Crippen LogP contribution in [-0.4, -0.2) is 41.1 Å². The third-order valence-electron chi connectivity index (χ3n) is 3.55. The van der Waals surface area contributed by atoms with E-state index >= 15 is 0 Å². The molecule has 0 saturated heterocycles. The van der Waals surface area contributed by atoms with Gasteiger partial charge in [0.15, 0.2) is 0 Å². The van der Waals surface area contributed by atoms with E-state index in [0.717, 1.165) is 6.42 Å². The standard InChI is InChI=1S/C14H28N2O3/c1-7-10(4)12(13(17)18)15-14(19)16(6)11(5)8-9(2)3/h9-12H,7-8H2,1-6H3,(H,15,19)(H,17,18)/t10?,11?,12-/m0/s1. The number of carbonyl (C=O) groups excluding carboxylic acids is 1. The van der Waals surface area contributed by atoms with E-state index in [1.54, 1.807) is 11.9 Å². The predicted molar refractivity (Wildman–Crippen MR) is 76.1 cm³/mol. The monoisotopic (exact) mass is 272 g/mol. The second-order valence-electron chi connectivity index (χ2n) is 5.74. The van der Waals surface area contributed by atoms with Crippen LogP contribution in [0.25, 0.3) is 0 Å². The quantitative estimate of drug-likeness (QED) is 0.748. The molecule has 0 saturated carbocycles. The zero-order valence-electron chi connectivity index (χ0n) is 12.9. The Morgan fingerprint density at radius 3 is 2.11 bits per heavy atom. The highest BCUT2D eigenvalue weighted by atomic mass is 16.4. The van der Waals surface area contributed by atoms with Crippen LogP contribution in [0.15, 0.2) is 0 Å². The van der Waals surface area contributed by atoms with Crippen LogP contribution in [0, 0.1) is 11.8 Å². The first kappa shape index (κ1) is 17.7. The van der Waals surface area contributed by atoms with Gasteiger partial charge in [0.05, 0.1) is 0 Å². The fraction of sp³-hybridized carbons (Fsp3) is 0.857. The van der Waals surface area contributed by atoms with Gasteiger partial charge in [-0.2, -0.15) is 0 Å². The van der Waals surface area contributed by atoms with Crippen molar-refractivity contribution in [3.05, 3.63) is 0 Å². The van der Waals surface area contributed by atoms with E-state index in [1.165, 1.54) is 0 Å². The molecule has 5 nitrogen and oxygen atoms in total. The molecule has 2 unspecified atom stereocenters. The molecule has 0 radical (unpaired) electrons. The second kappa shape index (κ2) is 8.02. The van der Waals surface area contributed by atoms with Crippen molar-refractivity contribution in [2.45, 2.75) is 59.5 Å². The van der Waals surface area contributed by atoms with Gasteiger partial charge in [-0.15, -0.1) is 0 Å². The molecule has 0 aromatic carbocycles. The van der Waals surface area contributed by atoms with Crippen LogP contribution < -0.4 is 5.32 Å². The third kappa shape index (κ3) is 5.94. The minimum Gasteiger partial charge on any atom is -0.480 e. The number of amides is 2. The first-order valence-electron chi connectivity index (χ1n) is 6.96. The largest absolute Gasteiger partial charge is 0.480 e. The lowest BCUT2D eigenvalue weighted by Crippen LogP contribution is -2.51. The molecule has 0 aromatic rings. The van der Waals surface area contributed by atoms with Crippen LogP contribution in [0.2, 0.25) is 0 Å². The van der Waals surface area contributed by atoms with Crippen LogP contribution in [0.4, 0.5) is 4.79 Å². The maximum Gasteiger partial charge on any atom is 0.326 e. The lowest BCUT2D eigenvalue weighted by atomic mass is 9.99. The minimum absolute atomic E-state index is 0.0877. The van der Waals surface area contributed by atoms with Crippen molar-refractivity contribution in [3.63, 3.8) is 0 Å². The number of urea groups is 1. The average Bonchev–Trinajstić information content (AvgIpc) is 2.32. The normalized spacial score (nSPS) is 15.7. The van der Waals surface area contributed by atoms with Crippen molar-refractivity contribution in [2.24, 2.45) is 11.8 Å². The molecule has 0 aliphatic heterocycles. The van der Waals surface area contributed by atoms with Gasteiger partial charge >= 0.3 is 12.0 Å². The summed E-state index contributed by atoms with van der Waals surface area (Å²) in [5.74, 6) is -0.571. The predicted octanol–water partition coefficient (Wildman–Crippen LogP) is 2.56. The van der Waals surface area contributed by atoms with Crippen LogP contribution in [0.3, 0.4) is 0 Å². The third-order valence-corrected chi connectivity index (χ3v) is 3.55. The number of hydrogen-bond donors (Lipinski definition) is 2. The first-order chi connectivity index (χ1) is 8.70. The molecule has 0 aliphatic carbocycles. The summed E-state index contributed by atoms with van der Waals surface area (Å²) in [6.45, 7) is 9.91. The van der Waals surface area contributed by atoms with Gasteiger partial charge in [0, 0.05) is 13.1 Å². The average molecular weight is 272 g/mol. The molecular formula is C14H28N2O3. The number of aliphatic carboxylic acids is 1. The summed E-state index contributed by atoms with van der Waals surface area (Å²) >= 11 is 0. The molecule has 0 aromatic heterocycles. The molecule has 0 fully saturated rings. The summed E-state index contributed by atoms with van der Waals surface area (Å²) in [5, 5.41) is 11.8.